The SMILES string of the molecule is CCOC(=O)CC1CCC(C(=O)N2[C@H](CC)CC(N(Cc3cc(C(F)(F)F)cc(C(F)(F)F)c3)c3ncc(C4C=NN(C)C4)cn3)C[C@@H]2CC)CC1. The summed E-state index contributed by atoms with van der Waals surface area (Å²) < 4.78 is 88.3. The number of likely N-dealkylation sites (tertiary alicyclic amines) is 1. The van der Waals surface area contributed by atoms with E-state index in [0.717, 1.165) is 30.5 Å². The molecular weight excluding hydrogens is 690 g/mol. The quantitative estimate of drug-likeness (QED) is 0.171. The molecule has 1 saturated heterocycles. The average Bonchev–Trinajstić information content (AvgIpc) is 3.55. The van der Waals surface area contributed by atoms with E-state index in [4.69, 9.17) is 4.74 Å². The zero-order valence-electron chi connectivity index (χ0n) is 30.1. The Morgan fingerprint density at radius 1 is 0.885 bits per heavy atom. The van der Waals surface area contributed by atoms with Crippen LogP contribution in [0.25, 0.3) is 0 Å². The average molecular weight is 739 g/mol. The fraction of sp³-hybridized carbons (Fsp3) is 0.649. The Morgan fingerprint density at radius 2 is 1.46 bits per heavy atom. The number of ether oxygens (including phenoxy) is 1. The molecule has 52 heavy (non-hydrogen) atoms. The molecule has 0 N–H and O–H groups in total. The van der Waals surface area contributed by atoms with Gasteiger partial charge in [0.2, 0.25) is 11.9 Å². The van der Waals surface area contributed by atoms with Gasteiger partial charge in [-0.05, 0) is 93.5 Å². The van der Waals surface area contributed by atoms with Crippen molar-refractivity contribution in [1.82, 2.24) is 19.9 Å². The molecule has 1 saturated carbocycles. The molecular formula is C37H48F6N6O3. The van der Waals surface area contributed by atoms with Crippen molar-refractivity contribution in [1.29, 1.82) is 0 Å². The van der Waals surface area contributed by atoms with Crippen molar-refractivity contribution in [2.45, 2.75) is 121 Å². The van der Waals surface area contributed by atoms with Crippen LogP contribution in [0.3, 0.4) is 0 Å². The zero-order chi connectivity index (χ0) is 37.8. The number of hydrogen-bond donors (Lipinski definition) is 0. The van der Waals surface area contributed by atoms with Gasteiger partial charge >= 0.3 is 18.3 Å². The highest BCUT2D eigenvalue weighted by atomic mass is 19.4. The van der Waals surface area contributed by atoms with Gasteiger partial charge in [-0.15, -0.1) is 0 Å². The molecule has 9 nitrogen and oxygen atoms in total. The first-order valence-corrected chi connectivity index (χ1v) is 18.2. The van der Waals surface area contributed by atoms with Gasteiger partial charge in [0.15, 0.2) is 0 Å². The monoisotopic (exact) mass is 738 g/mol. The van der Waals surface area contributed by atoms with Crippen molar-refractivity contribution in [3.63, 3.8) is 0 Å². The number of hydrazone groups is 1. The molecule has 1 aromatic carbocycles. The maximum atomic E-state index is 14.2. The Labute approximate surface area is 300 Å². The van der Waals surface area contributed by atoms with Crippen LogP contribution in [0.15, 0.2) is 35.7 Å². The first kappa shape index (κ1) is 39.3. The Kier molecular flexibility index (Phi) is 12.4. The number of nitrogens with zero attached hydrogens (tertiary/aromatic N) is 6. The first-order chi connectivity index (χ1) is 24.6. The maximum Gasteiger partial charge on any atom is 0.416 e. The summed E-state index contributed by atoms with van der Waals surface area (Å²) in [6, 6.07) is 0.835. The number of amides is 1. The molecule has 5 rings (SSSR count). The highest BCUT2D eigenvalue weighted by Gasteiger charge is 2.43. The summed E-state index contributed by atoms with van der Waals surface area (Å²) >= 11 is 0. The molecule has 3 heterocycles. The highest BCUT2D eigenvalue weighted by Crippen LogP contribution is 2.40. The topological polar surface area (TPSA) is 91.2 Å². The molecule has 2 aromatic rings. The molecule has 1 amide bonds. The Hall–Kier alpha value is -3.91. The molecule has 0 spiro atoms. The van der Waals surface area contributed by atoms with E-state index in [1.54, 1.807) is 35.4 Å². The van der Waals surface area contributed by atoms with Crippen LogP contribution in [0, 0.1) is 11.8 Å². The smallest absolute Gasteiger partial charge is 0.416 e. The van der Waals surface area contributed by atoms with E-state index in [9.17, 15) is 35.9 Å². The van der Waals surface area contributed by atoms with Gasteiger partial charge in [-0.3, -0.25) is 14.6 Å². The van der Waals surface area contributed by atoms with Crippen molar-refractivity contribution in [2.24, 2.45) is 16.9 Å². The molecule has 4 atom stereocenters. The third-order valence-electron chi connectivity index (χ3n) is 10.7. The van der Waals surface area contributed by atoms with E-state index in [0.29, 0.717) is 58.1 Å². The third-order valence-corrected chi connectivity index (χ3v) is 10.7. The summed E-state index contributed by atoms with van der Waals surface area (Å²) in [5.41, 5.74) is -2.15. The van der Waals surface area contributed by atoms with Crippen LogP contribution in [0.5, 0.6) is 0 Å². The van der Waals surface area contributed by atoms with E-state index in [-0.39, 0.29) is 71.9 Å². The molecule has 2 fully saturated rings. The van der Waals surface area contributed by atoms with Crippen molar-refractivity contribution < 1.29 is 40.7 Å². The maximum absolute atomic E-state index is 14.2. The van der Waals surface area contributed by atoms with E-state index in [2.05, 4.69) is 15.1 Å². The summed E-state index contributed by atoms with van der Waals surface area (Å²) in [6.07, 6.45) is 0.334. The number of anilines is 1. The van der Waals surface area contributed by atoms with Gasteiger partial charge < -0.3 is 14.5 Å². The fourth-order valence-corrected chi connectivity index (χ4v) is 7.98. The number of rotatable bonds is 11. The number of alkyl halides is 6. The molecule has 15 heteroatoms. The van der Waals surface area contributed by atoms with Gasteiger partial charge in [-0.2, -0.15) is 31.4 Å². The normalized spacial score (nSPS) is 25.3. The number of hydrogen-bond acceptors (Lipinski definition) is 8. The van der Waals surface area contributed by atoms with Crippen LogP contribution in [0.1, 0.15) is 107 Å². The summed E-state index contributed by atoms with van der Waals surface area (Å²) in [7, 11) is 1.83. The minimum atomic E-state index is -4.99. The van der Waals surface area contributed by atoms with Crippen LogP contribution >= 0.6 is 0 Å². The van der Waals surface area contributed by atoms with Gasteiger partial charge in [0.1, 0.15) is 0 Å². The molecule has 286 valence electrons. The van der Waals surface area contributed by atoms with Crippen LogP contribution < -0.4 is 4.90 Å². The summed E-state index contributed by atoms with van der Waals surface area (Å²) in [5, 5.41) is 6.03. The molecule has 2 aliphatic heterocycles. The van der Waals surface area contributed by atoms with Gasteiger partial charge in [-0.25, -0.2) is 9.97 Å². The van der Waals surface area contributed by atoms with E-state index >= 15 is 0 Å². The van der Waals surface area contributed by atoms with Crippen LogP contribution in [0.4, 0.5) is 32.3 Å². The molecule has 1 aliphatic carbocycles. The largest absolute Gasteiger partial charge is 0.466 e. The van der Waals surface area contributed by atoms with E-state index < -0.39 is 23.5 Å². The number of likely N-dealkylation sites (N-methyl/N-ethyl adjacent to an activating group) is 1. The molecule has 2 unspecified atom stereocenters. The number of halogens is 6. The zero-order valence-corrected chi connectivity index (χ0v) is 30.1. The van der Waals surface area contributed by atoms with Gasteiger partial charge in [-0.1, -0.05) is 13.8 Å². The number of carbonyl (C=O) groups excluding carboxylic acids is 2. The molecule has 0 radical (unpaired) electrons. The minimum absolute atomic E-state index is 0.0614. The third kappa shape index (κ3) is 9.35. The Morgan fingerprint density at radius 3 is 1.94 bits per heavy atom. The number of esters is 1. The minimum Gasteiger partial charge on any atom is -0.466 e. The summed E-state index contributed by atoms with van der Waals surface area (Å²) in [5.74, 6) is -0.0438. The van der Waals surface area contributed by atoms with Crippen LogP contribution in [-0.4, -0.2) is 76.3 Å². The summed E-state index contributed by atoms with van der Waals surface area (Å²) in [6.45, 7) is 6.38. The van der Waals surface area contributed by atoms with Crippen LogP contribution in [-0.2, 0) is 33.2 Å². The van der Waals surface area contributed by atoms with Crippen molar-refractivity contribution in [2.75, 3.05) is 25.1 Å². The second kappa shape index (κ2) is 16.4. The van der Waals surface area contributed by atoms with Crippen molar-refractivity contribution in [3.8, 4) is 0 Å². The van der Waals surface area contributed by atoms with Crippen LogP contribution in [0.2, 0.25) is 0 Å². The second-order valence-electron chi connectivity index (χ2n) is 14.3. The van der Waals surface area contributed by atoms with Gasteiger partial charge in [0.25, 0.3) is 0 Å². The fourth-order valence-electron chi connectivity index (χ4n) is 7.98. The lowest BCUT2D eigenvalue weighted by molar-refractivity contribution is -0.146. The number of aromatic nitrogens is 2. The number of piperidine rings is 1. The Bertz CT molecular complexity index is 1510. The van der Waals surface area contributed by atoms with E-state index in [1.807, 2.05) is 25.8 Å². The predicted molar refractivity (Wildman–Crippen MR) is 183 cm³/mol. The number of carbonyl (C=O) groups is 2. The van der Waals surface area contributed by atoms with Crippen molar-refractivity contribution >= 4 is 24.0 Å². The second-order valence-corrected chi connectivity index (χ2v) is 14.3. The van der Waals surface area contributed by atoms with Crippen molar-refractivity contribution in [3.05, 3.63) is 52.8 Å². The van der Waals surface area contributed by atoms with E-state index in [1.165, 1.54) is 0 Å². The Balaban J connectivity index is 1.42. The highest BCUT2D eigenvalue weighted by molar-refractivity contribution is 5.80. The lowest BCUT2D eigenvalue weighted by Crippen LogP contribution is -2.58. The lowest BCUT2D eigenvalue weighted by Gasteiger charge is -2.49. The predicted octanol–water partition coefficient (Wildman–Crippen LogP) is 7.84. The molecule has 0 bridgehead atoms. The molecule has 1 aromatic heterocycles. The lowest BCUT2D eigenvalue weighted by atomic mass is 9.78. The number of benzene rings is 1. The summed E-state index contributed by atoms with van der Waals surface area (Å²) in [4.78, 5) is 39.1. The first-order valence-electron chi connectivity index (χ1n) is 18.2. The van der Waals surface area contributed by atoms with Gasteiger partial charge in [0, 0.05) is 75.1 Å². The molecule has 3 aliphatic rings. The van der Waals surface area contributed by atoms with Gasteiger partial charge in [0.05, 0.1) is 17.7 Å². The standard InChI is InChI=1S/C37H48F6N6O3/c1-5-30-16-32(17-31(6-2)49(30)34(51)25-10-8-23(9-11-25)14-33(50)52-7-3)48(35-44-18-26(19-45-35)27-20-46-47(4)22-27)21-24-12-28(36(38,39)40)15-29(13-24)37(41,42)43/h12-13,15,18-20,23,25,27,30-32H,5-11,14,16-17,21-22H2,1-4H3/t23?,25?,27?,30-,31+,32?.